The van der Waals surface area contributed by atoms with E-state index in [2.05, 4.69) is 0 Å². The molecule has 8 nitrogen and oxygen atoms in total. The molecule has 1 rings (SSSR count). The highest BCUT2D eigenvalue weighted by Gasteiger charge is 2.13. The first-order chi connectivity index (χ1) is 12.3. The average molecular weight is 368 g/mol. The van der Waals surface area contributed by atoms with E-state index in [1.807, 2.05) is 0 Å². The Morgan fingerprint density at radius 3 is 1.15 bits per heavy atom. The monoisotopic (exact) mass is 368 g/mol. The number of carboxylic acids is 4. The van der Waals surface area contributed by atoms with Gasteiger partial charge in [-0.2, -0.15) is 0 Å². The summed E-state index contributed by atoms with van der Waals surface area (Å²) in [5.41, 5.74) is -0.380. The molecule has 0 aliphatic carbocycles. The molecule has 0 saturated heterocycles. The second kappa shape index (κ2) is 13.4. The molecular formula is C18H24O8. The van der Waals surface area contributed by atoms with Gasteiger partial charge in [0.1, 0.15) is 0 Å². The molecule has 0 aliphatic heterocycles. The number of benzene rings is 1. The van der Waals surface area contributed by atoms with E-state index in [0.717, 1.165) is 38.5 Å². The van der Waals surface area contributed by atoms with Crippen molar-refractivity contribution < 1.29 is 39.6 Å². The van der Waals surface area contributed by atoms with Crippen LogP contribution in [0.2, 0.25) is 0 Å². The third kappa shape index (κ3) is 11.6. The van der Waals surface area contributed by atoms with Gasteiger partial charge in [0.25, 0.3) is 0 Å². The van der Waals surface area contributed by atoms with Gasteiger partial charge in [0.05, 0.1) is 11.1 Å². The van der Waals surface area contributed by atoms with Crippen molar-refractivity contribution in [3.63, 3.8) is 0 Å². The second-order valence-electron chi connectivity index (χ2n) is 5.56. The molecule has 0 amide bonds. The van der Waals surface area contributed by atoms with Gasteiger partial charge in [-0.3, -0.25) is 9.59 Å². The topological polar surface area (TPSA) is 149 Å². The van der Waals surface area contributed by atoms with Crippen molar-refractivity contribution in [3.8, 4) is 0 Å². The third-order valence-electron chi connectivity index (χ3n) is 3.42. The molecule has 0 atom stereocenters. The average Bonchev–Trinajstić information content (AvgIpc) is 2.57. The van der Waals surface area contributed by atoms with Crippen molar-refractivity contribution in [1.29, 1.82) is 0 Å². The SMILES string of the molecule is O=C(O)CCCCCCCCC(=O)O.O=C(O)c1ccccc1C(=O)O. The lowest BCUT2D eigenvalue weighted by molar-refractivity contribution is -0.138. The maximum absolute atomic E-state index is 10.5. The smallest absolute Gasteiger partial charge is 0.336 e. The number of unbranched alkanes of at least 4 members (excludes halogenated alkanes) is 5. The van der Waals surface area contributed by atoms with Gasteiger partial charge in [0.2, 0.25) is 0 Å². The minimum atomic E-state index is -1.23. The fraction of sp³-hybridized carbons (Fsp3) is 0.444. The number of carbonyl (C=O) groups is 4. The number of hydrogen-bond donors (Lipinski definition) is 4. The Bertz CT molecular complexity index is 556. The van der Waals surface area contributed by atoms with Gasteiger partial charge >= 0.3 is 23.9 Å². The van der Waals surface area contributed by atoms with Gasteiger partial charge < -0.3 is 20.4 Å². The predicted molar refractivity (Wildman–Crippen MR) is 92.6 cm³/mol. The van der Waals surface area contributed by atoms with Crippen LogP contribution in [0.15, 0.2) is 24.3 Å². The second-order valence-corrected chi connectivity index (χ2v) is 5.56. The van der Waals surface area contributed by atoms with Crippen LogP contribution < -0.4 is 0 Å². The van der Waals surface area contributed by atoms with Crippen molar-refractivity contribution in [2.75, 3.05) is 0 Å². The lowest BCUT2D eigenvalue weighted by Crippen LogP contribution is -2.06. The minimum Gasteiger partial charge on any atom is -0.481 e. The summed E-state index contributed by atoms with van der Waals surface area (Å²) in [6, 6.07) is 5.48. The zero-order valence-electron chi connectivity index (χ0n) is 14.4. The summed E-state index contributed by atoms with van der Waals surface area (Å²) in [5, 5.41) is 33.8. The maximum atomic E-state index is 10.5. The summed E-state index contributed by atoms with van der Waals surface area (Å²) in [5.74, 6) is -3.94. The van der Waals surface area contributed by atoms with Gasteiger partial charge in [-0.05, 0) is 25.0 Å². The van der Waals surface area contributed by atoms with Crippen LogP contribution in [0.1, 0.15) is 72.1 Å². The molecular weight excluding hydrogens is 344 g/mol. The molecule has 0 aromatic heterocycles. The zero-order valence-corrected chi connectivity index (χ0v) is 14.4. The van der Waals surface area contributed by atoms with Crippen molar-refractivity contribution in [1.82, 2.24) is 0 Å². The van der Waals surface area contributed by atoms with Crippen LogP contribution in [-0.4, -0.2) is 44.3 Å². The highest BCUT2D eigenvalue weighted by molar-refractivity contribution is 6.01. The van der Waals surface area contributed by atoms with E-state index in [1.165, 1.54) is 24.3 Å². The van der Waals surface area contributed by atoms with Crippen molar-refractivity contribution in [2.45, 2.75) is 51.4 Å². The van der Waals surface area contributed by atoms with E-state index in [1.54, 1.807) is 0 Å². The van der Waals surface area contributed by atoms with E-state index in [-0.39, 0.29) is 24.0 Å². The summed E-state index contributed by atoms with van der Waals surface area (Å²) >= 11 is 0. The first kappa shape index (κ1) is 23.1. The molecule has 8 heteroatoms. The van der Waals surface area contributed by atoms with Gasteiger partial charge in [-0.15, -0.1) is 0 Å². The first-order valence-electron chi connectivity index (χ1n) is 8.25. The highest BCUT2D eigenvalue weighted by Crippen LogP contribution is 2.09. The minimum absolute atomic E-state index is 0.190. The molecule has 0 spiro atoms. The lowest BCUT2D eigenvalue weighted by Gasteiger charge is -1.98. The fourth-order valence-corrected chi connectivity index (χ4v) is 2.12. The zero-order chi connectivity index (χ0) is 19.9. The fourth-order valence-electron chi connectivity index (χ4n) is 2.12. The molecule has 0 aliphatic rings. The largest absolute Gasteiger partial charge is 0.481 e. The molecule has 0 bridgehead atoms. The van der Waals surface area contributed by atoms with E-state index in [4.69, 9.17) is 20.4 Å². The van der Waals surface area contributed by atoms with Crippen LogP contribution >= 0.6 is 0 Å². The molecule has 0 unspecified atom stereocenters. The molecule has 1 aromatic carbocycles. The molecule has 4 N–H and O–H groups in total. The molecule has 0 fully saturated rings. The summed E-state index contributed by atoms with van der Waals surface area (Å²) in [6.45, 7) is 0. The summed E-state index contributed by atoms with van der Waals surface area (Å²) in [6.07, 6.45) is 5.82. The lowest BCUT2D eigenvalue weighted by atomic mass is 10.1. The molecule has 0 heterocycles. The van der Waals surface area contributed by atoms with Crippen molar-refractivity contribution >= 4 is 23.9 Å². The maximum Gasteiger partial charge on any atom is 0.336 e. The van der Waals surface area contributed by atoms with Crippen LogP contribution in [0.5, 0.6) is 0 Å². The molecule has 0 radical (unpaired) electrons. The van der Waals surface area contributed by atoms with E-state index < -0.39 is 23.9 Å². The normalized spacial score (nSPS) is 9.69. The highest BCUT2D eigenvalue weighted by atomic mass is 16.4. The Morgan fingerprint density at radius 2 is 0.885 bits per heavy atom. The standard InChI is InChI=1S/C10H18O4.C8H6O4/c11-9(12)7-5-3-1-2-4-6-8-10(13)14;9-7(10)5-3-1-2-4-6(5)8(11)12/h1-8H2,(H,11,12)(H,13,14);1-4H,(H,9,10)(H,11,12). The Hall–Kier alpha value is -2.90. The number of rotatable bonds is 11. The molecule has 26 heavy (non-hydrogen) atoms. The van der Waals surface area contributed by atoms with Gasteiger partial charge in [0, 0.05) is 12.8 Å². The quantitative estimate of drug-likeness (QED) is 0.434. The van der Waals surface area contributed by atoms with Crippen molar-refractivity contribution in [3.05, 3.63) is 35.4 Å². The van der Waals surface area contributed by atoms with E-state index >= 15 is 0 Å². The summed E-state index contributed by atoms with van der Waals surface area (Å²) in [7, 11) is 0. The van der Waals surface area contributed by atoms with Crippen LogP contribution in [0, 0.1) is 0 Å². The number of aliphatic carboxylic acids is 2. The van der Waals surface area contributed by atoms with Gasteiger partial charge in [-0.25, -0.2) is 9.59 Å². The summed E-state index contributed by atoms with van der Waals surface area (Å²) < 4.78 is 0. The van der Waals surface area contributed by atoms with Crippen LogP contribution in [0.25, 0.3) is 0 Å². The van der Waals surface area contributed by atoms with Gasteiger partial charge in [0.15, 0.2) is 0 Å². The van der Waals surface area contributed by atoms with Crippen LogP contribution in [0.4, 0.5) is 0 Å². The first-order valence-corrected chi connectivity index (χ1v) is 8.25. The summed E-state index contributed by atoms with van der Waals surface area (Å²) in [4.78, 5) is 41.2. The molecule has 1 aromatic rings. The molecule has 144 valence electrons. The Kier molecular flexibility index (Phi) is 11.9. The predicted octanol–water partition coefficient (Wildman–Crippen LogP) is 3.36. The van der Waals surface area contributed by atoms with Crippen molar-refractivity contribution in [2.24, 2.45) is 0 Å². The van der Waals surface area contributed by atoms with E-state index in [9.17, 15) is 19.2 Å². The number of carboxylic acid groups (broad SMARTS) is 4. The van der Waals surface area contributed by atoms with Gasteiger partial charge in [-0.1, -0.05) is 37.8 Å². The third-order valence-corrected chi connectivity index (χ3v) is 3.42. The van der Waals surface area contributed by atoms with Crippen LogP contribution in [0.3, 0.4) is 0 Å². The van der Waals surface area contributed by atoms with E-state index in [0.29, 0.717) is 0 Å². The Morgan fingerprint density at radius 1 is 0.577 bits per heavy atom. The Labute approximate surface area is 151 Å². The van der Waals surface area contributed by atoms with Crippen LogP contribution in [-0.2, 0) is 9.59 Å². The number of hydrogen-bond acceptors (Lipinski definition) is 4. The Balaban J connectivity index is 0.000000485. The molecule has 0 saturated carbocycles. The number of aromatic carboxylic acids is 2.